The molecule has 0 radical (unpaired) electrons. The molecule has 0 aliphatic carbocycles. The fourth-order valence-corrected chi connectivity index (χ4v) is 3.22. The molecule has 1 unspecified atom stereocenters. The lowest BCUT2D eigenvalue weighted by Gasteiger charge is -2.36. The zero-order chi connectivity index (χ0) is 19.3. The molecule has 0 saturated carbocycles. The van der Waals surface area contributed by atoms with E-state index in [9.17, 15) is 23.1 Å². The molecule has 1 aromatic carbocycles. The van der Waals surface area contributed by atoms with Gasteiger partial charge in [-0.25, -0.2) is 4.68 Å². The van der Waals surface area contributed by atoms with E-state index >= 15 is 0 Å². The Morgan fingerprint density at radius 3 is 2.50 bits per heavy atom. The van der Waals surface area contributed by atoms with Crippen molar-refractivity contribution in [3.63, 3.8) is 0 Å². The van der Waals surface area contributed by atoms with Crippen LogP contribution < -0.4 is 0 Å². The van der Waals surface area contributed by atoms with Crippen LogP contribution in [0.25, 0.3) is 5.69 Å². The van der Waals surface area contributed by atoms with Crippen molar-refractivity contribution in [3.8, 4) is 5.69 Å². The zero-order valence-electron chi connectivity index (χ0n) is 14.1. The number of hydrogen-bond acceptors (Lipinski definition) is 3. The third-order valence-electron chi connectivity index (χ3n) is 4.54. The number of amides is 1. The minimum Gasteiger partial charge on any atom is -0.373 e. The van der Waals surface area contributed by atoms with E-state index in [0.717, 1.165) is 16.3 Å². The van der Waals surface area contributed by atoms with Crippen LogP contribution >= 0.6 is 11.6 Å². The number of carbonyl (C=O) groups excluding carboxylic acids is 1. The van der Waals surface area contributed by atoms with E-state index in [0.29, 0.717) is 17.5 Å². The van der Waals surface area contributed by atoms with E-state index in [4.69, 9.17) is 11.6 Å². The maximum Gasteiger partial charge on any atom is 0.426 e. The van der Waals surface area contributed by atoms with Gasteiger partial charge in [-0.1, -0.05) is 18.5 Å². The van der Waals surface area contributed by atoms with Crippen LogP contribution in [0.5, 0.6) is 0 Å². The highest BCUT2D eigenvalue weighted by atomic mass is 35.5. The van der Waals surface area contributed by atoms with Gasteiger partial charge in [0.15, 0.2) is 0 Å². The topological polar surface area (TPSA) is 58.4 Å². The molecular weight excluding hydrogens is 371 g/mol. The fourth-order valence-electron chi connectivity index (χ4n) is 3.10. The summed E-state index contributed by atoms with van der Waals surface area (Å²) in [7, 11) is 0. The van der Waals surface area contributed by atoms with Crippen LogP contribution in [0.15, 0.2) is 30.5 Å². The highest BCUT2D eigenvalue weighted by molar-refractivity contribution is 6.30. The van der Waals surface area contributed by atoms with Gasteiger partial charge in [0.1, 0.15) is 0 Å². The minimum absolute atomic E-state index is 0.0433. The number of halogens is 4. The van der Waals surface area contributed by atoms with Crippen molar-refractivity contribution in [2.75, 3.05) is 6.54 Å². The molecule has 1 aromatic heterocycles. The Morgan fingerprint density at radius 2 is 1.92 bits per heavy atom. The van der Waals surface area contributed by atoms with E-state index in [1.807, 2.05) is 0 Å². The van der Waals surface area contributed by atoms with Gasteiger partial charge in [-0.05, 0) is 31.2 Å². The Kier molecular flexibility index (Phi) is 4.52. The summed E-state index contributed by atoms with van der Waals surface area (Å²) in [5.41, 5.74) is -1.19. The Morgan fingerprint density at radius 1 is 1.31 bits per heavy atom. The van der Waals surface area contributed by atoms with E-state index in [1.54, 1.807) is 35.9 Å². The zero-order valence-corrected chi connectivity index (χ0v) is 14.8. The summed E-state index contributed by atoms with van der Waals surface area (Å²) in [6, 6.07) is 7.01. The molecule has 1 amide bonds. The predicted molar refractivity (Wildman–Crippen MR) is 89.1 cm³/mol. The number of hydrogen-bond donors (Lipinski definition) is 1. The normalized spacial score (nSPS) is 19.8. The average Bonchev–Trinajstić information content (AvgIpc) is 2.98. The molecule has 3 rings (SSSR count). The first-order valence-electron chi connectivity index (χ1n) is 7.93. The molecule has 0 saturated heterocycles. The largest absolute Gasteiger partial charge is 0.426 e. The lowest BCUT2D eigenvalue weighted by atomic mass is 9.95. The average molecular weight is 388 g/mol. The van der Waals surface area contributed by atoms with Gasteiger partial charge in [-0.2, -0.15) is 18.3 Å². The van der Waals surface area contributed by atoms with Gasteiger partial charge in [0, 0.05) is 29.6 Å². The van der Waals surface area contributed by atoms with Crippen LogP contribution in [-0.2, 0) is 11.3 Å². The van der Waals surface area contributed by atoms with Crippen molar-refractivity contribution in [2.24, 2.45) is 0 Å². The summed E-state index contributed by atoms with van der Waals surface area (Å²) in [6.45, 7) is 2.29. The summed E-state index contributed by atoms with van der Waals surface area (Å²) in [5, 5.41) is 14.5. The molecule has 1 N–H and O–H groups in total. The SMILES string of the molecule is C[C@H]1CN(C(=O)C(C)(O)C(F)(F)F)Cc2cnn(-c3ccc(Cl)cc3)c21. The molecular formula is C17H17ClF3N3O2. The van der Waals surface area contributed by atoms with E-state index in [1.165, 1.54) is 6.20 Å². The number of rotatable bonds is 2. The van der Waals surface area contributed by atoms with Crippen LogP contribution in [0.3, 0.4) is 0 Å². The Labute approximate surface area is 153 Å². The second-order valence-electron chi connectivity index (χ2n) is 6.60. The smallest absolute Gasteiger partial charge is 0.373 e. The van der Waals surface area contributed by atoms with Gasteiger partial charge in [0.05, 0.1) is 17.6 Å². The summed E-state index contributed by atoms with van der Waals surface area (Å²) in [5.74, 6) is -1.62. The molecule has 1 aliphatic rings. The quantitative estimate of drug-likeness (QED) is 0.860. The second-order valence-corrected chi connectivity index (χ2v) is 7.04. The molecule has 2 heterocycles. The number of aliphatic hydroxyl groups is 1. The first-order valence-corrected chi connectivity index (χ1v) is 8.31. The molecule has 26 heavy (non-hydrogen) atoms. The summed E-state index contributed by atoms with van der Waals surface area (Å²) >= 11 is 5.89. The van der Waals surface area contributed by atoms with Crippen LogP contribution in [0, 0.1) is 0 Å². The maximum atomic E-state index is 13.0. The van der Waals surface area contributed by atoms with E-state index < -0.39 is 17.7 Å². The first-order chi connectivity index (χ1) is 12.0. The van der Waals surface area contributed by atoms with Crippen LogP contribution in [0.4, 0.5) is 13.2 Å². The molecule has 2 atom stereocenters. The number of benzene rings is 1. The third-order valence-corrected chi connectivity index (χ3v) is 4.79. The van der Waals surface area contributed by atoms with Gasteiger partial charge in [-0.3, -0.25) is 4.79 Å². The summed E-state index contributed by atoms with van der Waals surface area (Å²) in [4.78, 5) is 13.3. The van der Waals surface area contributed by atoms with Crippen molar-refractivity contribution in [1.29, 1.82) is 0 Å². The van der Waals surface area contributed by atoms with Crippen molar-refractivity contribution < 1.29 is 23.1 Å². The van der Waals surface area contributed by atoms with E-state index in [2.05, 4.69) is 5.10 Å². The van der Waals surface area contributed by atoms with Crippen molar-refractivity contribution in [3.05, 3.63) is 46.7 Å². The molecule has 0 spiro atoms. The summed E-state index contributed by atoms with van der Waals surface area (Å²) < 4.78 is 40.6. The van der Waals surface area contributed by atoms with Crippen molar-refractivity contribution in [2.45, 2.75) is 38.1 Å². The highest BCUT2D eigenvalue weighted by Gasteiger charge is 2.57. The van der Waals surface area contributed by atoms with Crippen LogP contribution in [-0.4, -0.2) is 44.0 Å². The van der Waals surface area contributed by atoms with Crippen LogP contribution in [0.2, 0.25) is 5.02 Å². The Bertz CT molecular complexity index is 831. The second kappa shape index (κ2) is 6.28. The minimum atomic E-state index is -5.04. The molecule has 140 valence electrons. The molecule has 1 aliphatic heterocycles. The van der Waals surface area contributed by atoms with Gasteiger partial charge in [0.25, 0.3) is 5.91 Å². The predicted octanol–water partition coefficient (Wildman–Crippen LogP) is 3.28. The third kappa shape index (κ3) is 3.07. The monoisotopic (exact) mass is 387 g/mol. The lowest BCUT2D eigenvalue weighted by Crippen LogP contribution is -2.57. The standard InChI is InChI=1S/C17H17ClF3N3O2/c1-10-8-23(15(25)16(2,26)17(19,20)21)9-11-7-22-24(14(10)11)13-5-3-12(18)4-6-13/h3-7,10,26H,8-9H2,1-2H3/t10-,16?/m0/s1. The lowest BCUT2D eigenvalue weighted by molar-refractivity contribution is -0.250. The number of aromatic nitrogens is 2. The van der Waals surface area contributed by atoms with Gasteiger partial charge < -0.3 is 10.0 Å². The maximum absolute atomic E-state index is 13.0. The Balaban J connectivity index is 1.91. The molecule has 2 aromatic rings. The molecule has 0 fully saturated rings. The fraction of sp³-hybridized carbons (Fsp3) is 0.412. The van der Waals surface area contributed by atoms with Crippen molar-refractivity contribution >= 4 is 17.5 Å². The highest BCUT2D eigenvalue weighted by Crippen LogP contribution is 2.35. The molecule has 5 nitrogen and oxygen atoms in total. The molecule has 9 heteroatoms. The molecule has 0 bridgehead atoms. The van der Waals surface area contributed by atoms with Crippen LogP contribution in [0.1, 0.15) is 31.0 Å². The number of nitrogens with zero attached hydrogens (tertiary/aromatic N) is 3. The Hall–Kier alpha value is -2.06. The first kappa shape index (κ1) is 18.7. The van der Waals surface area contributed by atoms with Crippen molar-refractivity contribution in [1.82, 2.24) is 14.7 Å². The summed E-state index contributed by atoms with van der Waals surface area (Å²) in [6.07, 6.45) is -3.51. The number of carbonyl (C=O) groups is 1. The number of fused-ring (bicyclic) bond motifs is 1. The van der Waals surface area contributed by atoms with Gasteiger partial charge in [-0.15, -0.1) is 0 Å². The van der Waals surface area contributed by atoms with E-state index in [-0.39, 0.29) is 19.0 Å². The number of alkyl halides is 3. The van der Waals surface area contributed by atoms with Gasteiger partial charge >= 0.3 is 6.18 Å². The van der Waals surface area contributed by atoms with Gasteiger partial charge in [0.2, 0.25) is 5.60 Å².